The van der Waals surface area contributed by atoms with Crippen molar-refractivity contribution in [2.24, 2.45) is 0 Å². The smallest absolute Gasteiger partial charge is 0.274 e. The summed E-state index contributed by atoms with van der Waals surface area (Å²) >= 11 is 0. The Labute approximate surface area is 144 Å². The van der Waals surface area contributed by atoms with Gasteiger partial charge in [-0.15, -0.1) is 0 Å². The van der Waals surface area contributed by atoms with Crippen LogP contribution in [0.3, 0.4) is 0 Å². The van der Waals surface area contributed by atoms with E-state index in [9.17, 15) is 4.79 Å². The summed E-state index contributed by atoms with van der Waals surface area (Å²) in [5, 5.41) is 5.06. The molecule has 0 unspecified atom stereocenters. The Hall–Kier alpha value is -3.47. The zero-order valence-electron chi connectivity index (χ0n) is 13.3. The summed E-state index contributed by atoms with van der Waals surface area (Å²) in [4.78, 5) is 20.6. The van der Waals surface area contributed by atoms with E-state index in [1.54, 1.807) is 12.4 Å². The van der Waals surface area contributed by atoms with Gasteiger partial charge in [-0.1, -0.05) is 42.5 Å². The summed E-state index contributed by atoms with van der Waals surface area (Å²) < 4.78 is 5.49. The van der Waals surface area contributed by atoms with Crippen LogP contribution in [0.2, 0.25) is 0 Å². The second-order valence-electron chi connectivity index (χ2n) is 5.64. The van der Waals surface area contributed by atoms with Gasteiger partial charge in [0.15, 0.2) is 17.8 Å². The summed E-state index contributed by atoms with van der Waals surface area (Å²) in [6.45, 7) is 0.386. The van der Waals surface area contributed by atoms with Crippen LogP contribution >= 0.6 is 0 Å². The minimum absolute atomic E-state index is 0.277. The summed E-state index contributed by atoms with van der Waals surface area (Å²) in [6, 6.07) is 17.7. The van der Waals surface area contributed by atoms with Crippen molar-refractivity contribution in [1.29, 1.82) is 0 Å². The van der Waals surface area contributed by atoms with Gasteiger partial charge in [-0.3, -0.25) is 9.78 Å². The van der Waals surface area contributed by atoms with Gasteiger partial charge >= 0.3 is 0 Å². The molecule has 5 nitrogen and oxygen atoms in total. The molecule has 122 valence electrons. The number of hydrogen-bond acceptors (Lipinski definition) is 4. The van der Waals surface area contributed by atoms with Crippen molar-refractivity contribution >= 4 is 16.7 Å². The van der Waals surface area contributed by atoms with Crippen molar-refractivity contribution in [2.75, 3.05) is 0 Å². The molecule has 4 rings (SSSR count). The number of hydrogen-bond donors (Lipinski definition) is 1. The lowest BCUT2D eigenvalue weighted by Crippen LogP contribution is -2.23. The van der Waals surface area contributed by atoms with Crippen LogP contribution in [0.15, 0.2) is 77.8 Å². The molecule has 1 N–H and O–H groups in total. The first kappa shape index (κ1) is 15.1. The Morgan fingerprint density at radius 1 is 1.04 bits per heavy atom. The van der Waals surface area contributed by atoms with E-state index in [-0.39, 0.29) is 11.6 Å². The second kappa shape index (κ2) is 6.57. The molecule has 0 aliphatic heterocycles. The molecule has 0 fully saturated rings. The first-order valence-corrected chi connectivity index (χ1v) is 7.91. The highest BCUT2D eigenvalue weighted by atomic mass is 16.3. The van der Waals surface area contributed by atoms with E-state index in [0.29, 0.717) is 12.3 Å². The van der Waals surface area contributed by atoms with Crippen LogP contribution in [0.1, 0.15) is 16.1 Å². The number of amides is 1. The van der Waals surface area contributed by atoms with Gasteiger partial charge in [-0.25, -0.2) is 4.98 Å². The van der Waals surface area contributed by atoms with E-state index < -0.39 is 0 Å². The molecule has 2 heterocycles. The van der Waals surface area contributed by atoms with Crippen molar-refractivity contribution in [3.8, 4) is 11.3 Å². The third kappa shape index (κ3) is 3.12. The molecule has 1 amide bonds. The second-order valence-corrected chi connectivity index (χ2v) is 5.64. The number of oxazole rings is 1. The lowest BCUT2D eigenvalue weighted by atomic mass is 10.0. The third-order valence-corrected chi connectivity index (χ3v) is 3.97. The fourth-order valence-electron chi connectivity index (χ4n) is 2.71. The minimum atomic E-state index is -0.277. The van der Waals surface area contributed by atoms with Crippen LogP contribution < -0.4 is 5.32 Å². The molecule has 0 aliphatic carbocycles. The van der Waals surface area contributed by atoms with E-state index >= 15 is 0 Å². The highest BCUT2D eigenvalue weighted by molar-refractivity contribution is 5.98. The number of aromatic nitrogens is 2. The fourth-order valence-corrected chi connectivity index (χ4v) is 2.71. The van der Waals surface area contributed by atoms with Crippen LogP contribution in [0.4, 0.5) is 0 Å². The number of carbonyl (C=O) groups excluding carboxylic acids is 1. The normalized spacial score (nSPS) is 10.7. The van der Waals surface area contributed by atoms with Crippen LogP contribution in [-0.4, -0.2) is 15.9 Å². The van der Waals surface area contributed by atoms with E-state index in [4.69, 9.17) is 4.42 Å². The molecule has 0 saturated heterocycles. The van der Waals surface area contributed by atoms with E-state index in [2.05, 4.69) is 15.3 Å². The number of pyridine rings is 1. The highest BCUT2D eigenvalue weighted by Gasteiger charge is 2.18. The number of fused-ring (bicyclic) bond motifs is 1. The number of nitrogens with zero attached hydrogens (tertiary/aromatic N) is 2. The molecule has 2 aromatic heterocycles. The van der Waals surface area contributed by atoms with Crippen molar-refractivity contribution in [3.05, 3.63) is 84.6 Å². The zero-order chi connectivity index (χ0) is 17.1. The average molecular weight is 329 g/mol. The van der Waals surface area contributed by atoms with Crippen molar-refractivity contribution in [2.45, 2.75) is 6.54 Å². The third-order valence-electron chi connectivity index (χ3n) is 3.97. The fraction of sp³-hybridized carbons (Fsp3) is 0.0500. The van der Waals surface area contributed by atoms with Gasteiger partial charge < -0.3 is 9.73 Å². The van der Waals surface area contributed by atoms with E-state index in [1.165, 1.54) is 6.39 Å². The van der Waals surface area contributed by atoms with E-state index in [0.717, 1.165) is 21.9 Å². The maximum Gasteiger partial charge on any atom is 0.274 e. The number of benzene rings is 2. The SMILES string of the molecule is O=C(NCc1cccnc1)c1ncoc1-c1ccc2ccccc2c1. The molecular weight excluding hydrogens is 314 g/mol. The van der Waals surface area contributed by atoms with Gasteiger partial charge in [0.05, 0.1) is 0 Å². The molecule has 5 heteroatoms. The molecule has 0 atom stereocenters. The summed E-state index contributed by atoms with van der Waals surface area (Å²) in [5.41, 5.74) is 2.02. The van der Waals surface area contributed by atoms with Gasteiger partial charge in [-0.2, -0.15) is 0 Å². The highest BCUT2D eigenvalue weighted by Crippen LogP contribution is 2.27. The molecule has 0 radical (unpaired) electrons. The van der Waals surface area contributed by atoms with Crippen LogP contribution in [-0.2, 0) is 6.54 Å². The molecule has 0 bridgehead atoms. The Morgan fingerprint density at radius 2 is 1.92 bits per heavy atom. The van der Waals surface area contributed by atoms with Crippen LogP contribution in [0, 0.1) is 0 Å². The Morgan fingerprint density at radius 3 is 2.76 bits per heavy atom. The Bertz CT molecular complexity index is 1030. The van der Waals surface area contributed by atoms with Gasteiger partial charge in [-0.05, 0) is 28.5 Å². The van der Waals surface area contributed by atoms with Gasteiger partial charge in [0.25, 0.3) is 5.91 Å². The van der Waals surface area contributed by atoms with Gasteiger partial charge in [0, 0.05) is 24.5 Å². The van der Waals surface area contributed by atoms with Gasteiger partial charge in [0.1, 0.15) is 0 Å². The predicted molar refractivity (Wildman–Crippen MR) is 94.9 cm³/mol. The lowest BCUT2D eigenvalue weighted by molar-refractivity contribution is 0.0946. The van der Waals surface area contributed by atoms with E-state index in [1.807, 2.05) is 54.6 Å². The monoisotopic (exact) mass is 329 g/mol. The zero-order valence-corrected chi connectivity index (χ0v) is 13.3. The maximum atomic E-state index is 12.5. The molecule has 0 aliphatic rings. The number of rotatable bonds is 4. The number of nitrogens with one attached hydrogen (secondary N) is 1. The topological polar surface area (TPSA) is 68.0 Å². The van der Waals surface area contributed by atoms with Crippen molar-refractivity contribution in [3.63, 3.8) is 0 Å². The first-order valence-electron chi connectivity index (χ1n) is 7.91. The molecule has 2 aromatic carbocycles. The van der Waals surface area contributed by atoms with Gasteiger partial charge in [0.2, 0.25) is 0 Å². The standard InChI is InChI=1S/C20H15N3O2/c24-20(22-12-14-4-3-9-21-11-14)18-19(25-13-23-18)17-8-7-15-5-1-2-6-16(15)10-17/h1-11,13H,12H2,(H,22,24). The van der Waals surface area contributed by atoms with Crippen molar-refractivity contribution in [1.82, 2.24) is 15.3 Å². The molecule has 0 saturated carbocycles. The Kier molecular flexibility index (Phi) is 3.96. The predicted octanol–water partition coefficient (Wildman–Crippen LogP) is 3.82. The lowest BCUT2D eigenvalue weighted by Gasteiger charge is -2.05. The summed E-state index contributed by atoms with van der Waals surface area (Å²) in [5.74, 6) is 0.190. The van der Waals surface area contributed by atoms with Crippen molar-refractivity contribution < 1.29 is 9.21 Å². The molecule has 4 aromatic rings. The Balaban J connectivity index is 1.59. The molecule has 25 heavy (non-hydrogen) atoms. The largest absolute Gasteiger partial charge is 0.443 e. The minimum Gasteiger partial charge on any atom is -0.443 e. The maximum absolute atomic E-state index is 12.5. The van der Waals surface area contributed by atoms with Crippen LogP contribution in [0.5, 0.6) is 0 Å². The quantitative estimate of drug-likeness (QED) is 0.618. The summed E-state index contributed by atoms with van der Waals surface area (Å²) in [7, 11) is 0. The summed E-state index contributed by atoms with van der Waals surface area (Å²) in [6.07, 6.45) is 4.71. The van der Waals surface area contributed by atoms with Crippen LogP contribution in [0.25, 0.3) is 22.1 Å². The number of carbonyl (C=O) groups is 1. The first-order chi connectivity index (χ1) is 12.3. The molecule has 0 spiro atoms. The molecular formula is C20H15N3O2. The average Bonchev–Trinajstić information content (AvgIpc) is 3.16.